The predicted octanol–water partition coefficient (Wildman–Crippen LogP) is 12.1. The summed E-state index contributed by atoms with van der Waals surface area (Å²) in [6.07, 6.45) is 5.11. The molecule has 0 saturated carbocycles. The Morgan fingerprint density at radius 2 is 0.617 bits per heavy atom. The van der Waals surface area contributed by atoms with Crippen molar-refractivity contribution in [2.24, 2.45) is 0 Å². The maximum absolute atomic E-state index is 15.8. The van der Waals surface area contributed by atoms with Crippen LogP contribution in [0.15, 0.2) is 72.8 Å². The number of hydrogen-bond donors (Lipinski definition) is 4. The Kier molecular flexibility index (Phi) is 8.87. The summed E-state index contributed by atoms with van der Waals surface area (Å²) in [5.41, 5.74) is -4.30. The zero-order valence-electron chi connectivity index (χ0n) is 29.8. The maximum atomic E-state index is 15.8. The van der Waals surface area contributed by atoms with Crippen LogP contribution in [-0.4, -0.2) is 30.1 Å². The van der Waals surface area contributed by atoms with Crippen LogP contribution in [0.1, 0.15) is 22.8 Å². The van der Waals surface area contributed by atoms with Crippen LogP contribution in [0.2, 0.25) is 0 Å². The largest absolute Gasteiger partial charge is 0.508 e. The number of aromatic amines is 2. The molecule has 16 heteroatoms. The highest BCUT2D eigenvalue weighted by Crippen LogP contribution is 2.42. The average Bonchev–Trinajstić information content (AvgIpc) is 4.08. The number of phenolic OH excluding ortho intramolecular Hbond substituents is 2. The second-order valence-electron chi connectivity index (χ2n) is 13.5. The Bertz CT molecular complexity index is 2990. The number of benzene rings is 4. The van der Waals surface area contributed by atoms with Crippen molar-refractivity contribution in [1.29, 1.82) is 0 Å². The molecule has 298 valence electrons. The molecular weight excluding hydrogens is 806 g/mol. The first-order chi connectivity index (χ1) is 28.7. The molecule has 0 unspecified atom stereocenters. The third-order valence-corrected chi connectivity index (χ3v) is 9.94. The molecule has 0 saturated heterocycles. The number of fused-ring (bicyclic) bond motifs is 8. The number of aromatic hydroxyl groups is 2. The highest BCUT2D eigenvalue weighted by molar-refractivity contribution is 6.00. The molecule has 0 atom stereocenters. The molecule has 9 rings (SSSR count). The number of phenols is 2. The zero-order chi connectivity index (χ0) is 42.3. The molecule has 60 heavy (non-hydrogen) atoms. The number of nitrogens with zero attached hydrogens (tertiary/aromatic N) is 2. The van der Waals surface area contributed by atoms with E-state index in [0.29, 0.717) is 0 Å². The quantitative estimate of drug-likeness (QED) is 0.0807. The van der Waals surface area contributed by atoms with E-state index in [4.69, 9.17) is 0 Å². The predicted molar refractivity (Wildman–Crippen MR) is 204 cm³/mol. The minimum absolute atomic E-state index is 0.0391. The number of H-pyrrole nitrogens is 2. The normalized spacial score (nSPS) is 12.2. The third kappa shape index (κ3) is 5.89. The lowest BCUT2D eigenvalue weighted by atomic mass is 10.0. The standard InChI is InChI=1S/C44H20F10N4O2/c45-35-33(36(46)40(50)43(53)39(35)49)31-25-11-7-21(55-25)29(17-3-1-5-19(59)15-17)22-8-12-26(56-22)32(34-37(47)41(51)44(54)42(52)38(34)48)28-14-10-24(58-28)30(23-9-13-27(31)57-23)18-4-2-6-20(60)16-18/h1-16,55,58-60H. The zero-order valence-corrected chi connectivity index (χ0v) is 29.8. The van der Waals surface area contributed by atoms with Gasteiger partial charge >= 0.3 is 0 Å². The Balaban J connectivity index is 1.54. The van der Waals surface area contributed by atoms with Gasteiger partial charge in [0.25, 0.3) is 0 Å². The maximum Gasteiger partial charge on any atom is 0.200 e. The van der Waals surface area contributed by atoms with Gasteiger partial charge in [-0.05, 0) is 84.0 Å². The molecule has 0 spiro atoms. The fourth-order valence-electron chi connectivity index (χ4n) is 7.31. The molecule has 7 aromatic rings. The van der Waals surface area contributed by atoms with E-state index in [1.807, 2.05) is 0 Å². The monoisotopic (exact) mass is 826 g/mol. The molecule has 0 aliphatic carbocycles. The second-order valence-corrected chi connectivity index (χ2v) is 13.5. The molecule has 2 aliphatic rings. The van der Waals surface area contributed by atoms with E-state index in [0.717, 1.165) is 0 Å². The lowest BCUT2D eigenvalue weighted by molar-refractivity contribution is 0.381. The fourth-order valence-corrected chi connectivity index (χ4v) is 7.31. The Morgan fingerprint density at radius 3 is 0.933 bits per heavy atom. The van der Waals surface area contributed by atoms with E-state index in [1.54, 1.807) is 0 Å². The fraction of sp³-hybridized carbons (Fsp3) is 0. The van der Waals surface area contributed by atoms with Crippen LogP contribution in [0.3, 0.4) is 0 Å². The molecule has 6 nitrogen and oxygen atoms in total. The summed E-state index contributed by atoms with van der Waals surface area (Å²) in [5, 5.41) is 20.9. The van der Waals surface area contributed by atoms with E-state index in [2.05, 4.69) is 19.9 Å². The van der Waals surface area contributed by atoms with Crippen LogP contribution in [0.4, 0.5) is 43.9 Å². The lowest BCUT2D eigenvalue weighted by Gasteiger charge is -2.10. The van der Waals surface area contributed by atoms with Crippen LogP contribution < -0.4 is 0 Å². The summed E-state index contributed by atoms with van der Waals surface area (Å²) < 4.78 is 151. The first kappa shape index (κ1) is 37.9. The molecule has 4 aromatic carbocycles. The topological polar surface area (TPSA) is 97.8 Å². The Hall–Kier alpha value is -7.62. The van der Waals surface area contributed by atoms with Crippen molar-refractivity contribution in [3.63, 3.8) is 0 Å². The molecule has 2 aliphatic heterocycles. The SMILES string of the molecule is Oc1cccc(-c2c3nc(c(-c4c(F)c(F)c(F)c(F)c4F)c4ccc([nH]4)c(-c4cccc(O)c4)c4nc(c(-c5c(F)c(F)c(F)c(F)c5F)c5ccc2[nH]5)C=C4)C=C3)c1. The van der Waals surface area contributed by atoms with Crippen LogP contribution in [0, 0.1) is 58.2 Å². The third-order valence-electron chi connectivity index (χ3n) is 9.94. The van der Waals surface area contributed by atoms with Crippen molar-refractivity contribution in [2.75, 3.05) is 0 Å². The van der Waals surface area contributed by atoms with E-state index >= 15 is 17.6 Å². The van der Waals surface area contributed by atoms with Gasteiger partial charge in [-0.1, -0.05) is 24.3 Å². The summed E-state index contributed by atoms with van der Waals surface area (Å²) in [7, 11) is 0. The number of nitrogens with one attached hydrogen (secondary N) is 2. The lowest BCUT2D eigenvalue weighted by Crippen LogP contribution is -2.05. The van der Waals surface area contributed by atoms with Crippen molar-refractivity contribution in [3.05, 3.63) is 154 Å². The van der Waals surface area contributed by atoms with Gasteiger partial charge in [-0.25, -0.2) is 53.9 Å². The second kappa shape index (κ2) is 14.0. The Morgan fingerprint density at radius 1 is 0.333 bits per heavy atom. The number of aromatic nitrogens is 4. The molecule has 0 fully saturated rings. The van der Waals surface area contributed by atoms with Crippen molar-refractivity contribution in [3.8, 4) is 56.0 Å². The van der Waals surface area contributed by atoms with Crippen molar-refractivity contribution < 1.29 is 54.1 Å². The van der Waals surface area contributed by atoms with Gasteiger partial charge < -0.3 is 20.2 Å². The van der Waals surface area contributed by atoms with E-state index in [1.165, 1.54) is 97.1 Å². The van der Waals surface area contributed by atoms with Gasteiger partial charge in [0.05, 0.1) is 33.9 Å². The molecule has 0 radical (unpaired) electrons. The van der Waals surface area contributed by atoms with E-state index < -0.39 is 80.4 Å². The van der Waals surface area contributed by atoms with E-state index in [-0.39, 0.29) is 78.6 Å². The molecular formula is C44H20F10N4O2. The van der Waals surface area contributed by atoms with E-state index in [9.17, 15) is 36.6 Å². The highest BCUT2D eigenvalue weighted by Gasteiger charge is 2.31. The smallest absolute Gasteiger partial charge is 0.200 e. The first-order valence-corrected chi connectivity index (χ1v) is 17.5. The summed E-state index contributed by atoms with van der Waals surface area (Å²) in [6.45, 7) is 0. The summed E-state index contributed by atoms with van der Waals surface area (Å²) >= 11 is 0. The molecule has 4 N–H and O–H groups in total. The van der Waals surface area contributed by atoms with Gasteiger partial charge in [0, 0.05) is 44.3 Å². The number of halogens is 10. The number of rotatable bonds is 4. The van der Waals surface area contributed by atoms with Crippen LogP contribution in [0.5, 0.6) is 11.5 Å². The van der Waals surface area contributed by atoms with Gasteiger partial charge in [-0.2, -0.15) is 0 Å². The minimum atomic E-state index is -2.40. The first-order valence-electron chi connectivity index (χ1n) is 17.5. The van der Waals surface area contributed by atoms with Crippen molar-refractivity contribution >= 4 is 46.4 Å². The average molecular weight is 827 g/mol. The Labute approximate surface area is 329 Å². The van der Waals surface area contributed by atoms with Gasteiger partial charge in [0.15, 0.2) is 46.5 Å². The van der Waals surface area contributed by atoms with Crippen molar-refractivity contribution in [1.82, 2.24) is 19.9 Å². The summed E-state index contributed by atoms with van der Waals surface area (Å²) in [6, 6.07) is 16.3. The van der Waals surface area contributed by atoms with Crippen molar-refractivity contribution in [2.45, 2.75) is 0 Å². The van der Waals surface area contributed by atoms with Crippen LogP contribution >= 0.6 is 0 Å². The highest BCUT2D eigenvalue weighted by atomic mass is 19.2. The van der Waals surface area contributed by atoms with Crippen LogP contribution in [0.25, 0.3) is 90.9 Å². The summed E-state index contributed by atoms with van der Waals surface area (Å²) in [5.74, 6) is -22.9. The van der Waals surface area contributed by atoms with Crippen LogP contribution in [-0.2, 0) is 0 Å². The molecule has 8 bridgehead atoms. The summed E-state index contributed by atoms with van der Waals surface area (Å²) in [4.78, 5) is 15.0. The molecule has 3 aromatic heterocycles. The molecule has 0 amide bonds. The van der Waals surface area contributed by atoms with Gasteiger partial charge in [-0.3, -0.25) is 0 Å². The van der Waals surface area contributed by atoms with Gasteiger partial charge in [0.1, 0.15) is 11.5 Å². The molecule has 5 heterocycles. The minimum Gasteiger partial charge on any atom is -0.508 e. The van der Waals surface area contributed by atoms with Gasteiger partial charge in [-0.15, -0.1) is 0 Å². The van der Waals surface area contributed by atoms with Gasteiger partial charge in [0.2, 0.25) is 11.6 Å². The number of hydrogen-bond acceptors (Lipinski definition) is 4.